The van der Waals surface area contributed by atoms with Crippen LogP contribution in [0.4, 0.5) is 10.0 Å². The summed E-state index contributed by atoms with van der Waals surface area (Å²) in [5.41, 5.74) is 3.04. The summed E-state index contributed by atoms with van der Waals surface area (Å²) < 4.78 is 2.43. The van der Waals surface area contributed by atoms with Crippen LogP contribution in [0.25, 0.3) is 19.2 Å². The molecule has 3 heterocycles. The first-order chi connectivity index (χ1) is 24.9. The molecule has 264 valence electrons. The standard InChI is InChI=1S/C42H44N2O4S3/c45-35-24-14-20-8-2-3-9-21(20)15-25(24)36(46)33(35)43-30-18-28-39(50-30)41-32(42(28)12-6-1-7-13-42)40-29(49-41)19-31(51-40)44-34-37(47)26-16-22-10-4-5-11-23(22)17-27(26)38(34)48/h18-27H,1-17H2. The van der Waals surface area contributed by atoms with Gasteiger partial charge < -0.3 is 0 Å². The second-order valence-corrected chi connectivity index (χ2v) is 20.5. The van der Waals surface area contributed by atoms with Crippen LogP contribution in [-0.2, 0) is 24.6 Å². The smallest absolute Gasteiger partial charge is 0.188 e. The van der Waals surface area contributed by atoms with Crippen LogP contribution in [0, 0.1) is 47.3 Å². The Morgan fingerprint density at radius 2 is 1.00 bits per heavy atom. The second kappa shape index (κ2) is 11.7. The monoisotopic (exact) mass is 736 g/mol. The van der Waals surface area contributed by atoms with Crippen LogP contribution >= 0.6 is 34.0 Å². The van der Waals surface area contributed by atoms with Gasteiger partial charge in [-0.05, 0) is 79.9 Å². The molecule has 6 nitrogen and oxygen atoms in total. The van der Waals surface area contributed by atoms with Gasteiger partial charge in [-0.2, -0.15) is 0 Å². The average molecular weight is 737 g/mol. The van der Waals surface area contributed by atoms with Crippen LogP contribution in [0.1, 0.15) is 120 Å². The van der Waals surface area contributed by atoms with Gasteiger partial charge in [0.2, 0.25) is 0 Å². The molecule has 3 aromatic heterocycles. The number of ketones is 4. The third-order valence-electron chi connectivity index (χ3n) is 15.0. The number of hydrogen-bond acceptors (Lipinski definition) is 9. The Morgan fingerprint density at radius 1 is 0.529 bits per heavy atom. The fraction of sp³-hybridized carbons (Fsp3) is 0.619. The highest BCUT2D eigenvalue weighted by atomic mass is 32.1. The van der Waals surface area contributed by atoms with Gasteiger partial charge in [0.05, 0.1) is 14.5 Å². The number of thiophene rings is 3. The van der Waals surface area contributed by atoms with E-state index >= 15 is 0 Å². The van der Waals surface area contributed by atoms with Crippen molar-refractivity contribution in [2.45, 2.75) is 115 Å². The summed E-state index contributed by atoms with van der Waals surface area (Å²) >= 11 is 5.10. The third kappa shape index (κ3) is 4.62. The molecule has 7 saturated carbocycles. The zero-order valence-electron chi connectivity index (χ0n) is 29.0. The van der Waals surface area contributed by atoms with Gasteiger partial charge in [0.15, 0.2) is 34.6 Å². The highest BCUT2D eigenvalue weighted by Crippen LogP contribution is 2.65. The first kappa shape index (κ1) is 31.9. The summed E-state index contributed by atoms with van der Waals surface area (Å²) in [6.45, 7) is 0. The van der Waals surface area contributed by atoms with E-state index in [1.165, 1.54) is 88.1 Å². The van der Waals surface area contributed by atoms with Gasteiger partial charge in [-0.15, -0.1) is 34.0 Å². The molecule has 0 N–H and O–H groups in total. The van der Waals surface area contributed by atoms with Crippen LogP contribution in [0.15, 0.2) is 22.1 Å². The lowest BCUT2D eigenvalue weighted by atomic mass is 9.64. The molecule has 1 spiro atoms. The van der Waals surface area contributed by atoms with Crippen molar-refractivity contribution >= 4 is 88.0 Å². The molecule has 51 heavy (non-hydrogen) atoms. The topological polar surface area (TPSA) is 93.0 Å². The lowest BCUT2D eigenvalue weighted by Gasteiger charge is -2.39. The maximum atomic E-state index is 13.7. The van der Waals surface area contributed by atoms with Gasteiger partial charge in [-0.3, -0.25) is 19.2 Å². The molecule has 0 bridgehead atoms. The zero-order chi connectivity index (χ0) is 34.2. The summed E-state index contributed by atoms with van der Waals surface area (Å²) in [6.07, 6.45) is 19.0. The Bertz CT molecular complexity index is 2040. The van der Waals surface area contributed by atoms with Crippen molar-refractivity contribution in [1.29, 1.82) is 0 Å². The van der Waals surface area contributed by atoms with Crippen LogP contribution in [0.5, 0.6) is 0 Å². The maximum absolute atomic E-state index is 13.7. The molecule has 0 saturated heterocycles. The van der Waals surface area contributed by atoms with Crippen molar-refractivity contribution in [1.82, 2.24) is 0 Å². The number of Topliss-reactive ketones (excluding diaryl/α,β-unsaturated/α-hetero) is 4. The number of hydrogen-bond donors (Lipinski definition) is 0. The van der Waals surface area contributed by atoms with Gasteiger partial charge in [-0.1, -0.05) is 70.6 Å². The maximum Gasteiger partial charge on any atom is 0.188 e. The van der Waals surface area contributed by atoms with E-state index in [2.05, 4.69) is 12.1 Å². The molecule has 3 aromatic rings. The Kier molecular flexibility index (Phi) is 7.30. The molecule has 7 fully saturated rings. The van der Waals surface area contributed by atoms with E-state index in [4.69, 9.17) is 9.98 Å². The molecule has 8 unspecified atom stereocenters. The fourth-order valence-corrected chi connectivity index (χ4v) is 16.6. The van der Waals surface area contributed by atoms with Crippen molar-refractivity contribution in [3.05, 3.63) is 23.3 Å². The van der Waals surface area contributed by atoms with Crippen molar-refractivity contribution in [3.8, 4) is 9.75 Å². The van der Waals surface area contributed by atoms with Crippen LogP contribution < -0.4 is 0 Å². The number of carbonyl (C=O) groups is 4. The van der Waals surface area contributed by atoms with E-state index in [1.54, 1.807) is 34.0 Å². The molecular weight excluding hydrogens is 693 g/mol. The summed E-state index contributed by atoms with van der Waals surface area (Å²) in [7, 11) is 0. The minimum absolute atomic E-state index is 0.00160. The Morgan fingerprint density at radius 3 is 1.49 bits per heavy atom. The number of carbonyl (C=O) groups excluding carboxylic acids is 4. The largest absolute Gasteiger partial charge is 0.292 e. The quantitative estimate of drug-likeness (QED) is 0.262. The van der Waals surface area contributed by atoms with Crippen LogP contribution in [0.3, 0.4) is 0 Å². The lowest BCUT2D eigenvalue weighted by Crippen LogP contribution is -2.35. The first-order valence-electron chi connectivity index (χ1n) is 19.9. The van der Waals surface area contributed by atoms with Crippen molar-refractivity contribution in [2.24, 2.45) is 57.3 Å². The first-order valence-corrected chi connectivity index (χ1v) is 22.4. The number of fused-ring (bicyclic) bond motifs is 11. The van der Waals surface area contributed by atoms with Crippen molar-refractivity contribution in [3.63, 3.8) is 0 Å². The van der Waals surface area contributed by atoms with Crippen LogP contribution in [-0.4, -0.2) is 34.6 Å². The molecular formula is C42H44N2O4S3. The molecule has 8 atom stereocenters. The molecule has 0 amide bonds. The number of rotatable bonds is 2. The number of nitrogens with zero attached hydrogens (tertiary/aromatic N) is 2. The van der Waals surface area contributed by atoms with Crippen molar-refractivity contribution < 1.29 is 19.2 Å². The molecule has 0 radical (unpaired) electrons. The summed E-state index contributed by atoms with van der Waals surface area (Å²) in [5.74, 6) is 1.71. The molecule has 8 aliphatic rings. The minimum atomic E-state index is -0.164. The van der Waals surface area contributed by atoms with E-state index in [-0.39, 0.29) is 63.6 Å². The van der Waals surface area contributed by atoms with Gasteiger partial charge in [-0.25, -0.2) is 9.98 Å². The van der Waals surface area contributed by atoms with Gasteiger partial charge >= 0.3 is 0 Å². The summed E-state index contributed by atoms with van der Waals surface area (Å²) in [6, 6.07) is 4.32. The normalized spacial score (nSPS) is 35.1. The SMILES string of the molecule is O=C1C(=Nc2cc3c(s2)-c2sc4cc(N=C5C(=O)C6CC7CCCCC7CC6C5=O)sc4c2C32CCCCC2)C(=O)C2CC3CCCCC3CC12. The van der Waals surface area contributed by atoms with E-state index in [0.29, 0.717) is 23.7 Å². The molecule has 0 aliphatic heterocycles. The Balaban J connectivity index is 0.929. The van der Waals surface area contributed by atoms with E-state index < -0.39 is 0 Å². The predicted octanol–water partition coefficient (Wildman–Crippen LogP) is 10.4. The lowest BCUT2D eigenvalue weighted by molar-refractivity contribution is -0.123. The van der Waals surface area contributed by atoms with Gasteiger partial charge in [0, 0.05) is 39.3 Å². The summed E-state index contributed by atoms with van der Waals surface area (Å²) in [4.78, 5) is 67.1. The average Bonchev–Trinajstić information content (AvgIpc) is 3.96. The Labute approximate surface area is 310 Å². The number of aliphatic imine (C=N–C) groups is 2. The van der Waals surface area contributed by atoms with Crippen molar-refractivity contribution in [2.75, 3.05) is 0 Å². The third-order valence-corrected chi connectivity index (χ3v) is 18.5. The van der Waals surface area contributed by atoms with E-state index in [0.717, 1.165) is 61.4 Å². The molecule has 8 aliphatic carbocycles. The van der Waals surface area contributed by atoms with Crippen LogP contribution in [0.2, 0.25) is 0 Å². The minimum Gasteiger partial charge on any atom is -0.292 e. The molecule has 11 rings (SSSR count). The van der Waals surface area contributed by atoms with Gasteiger partial charge in [0.1, 0.15) is 10.0 Å². The fourth-order valence-electron chi connectivity index (χ4n) is 12.6. The van der Waals surface area contributed by atoms with Gasteiger partial charge in [0.25, 0.3) is 0 Å². The zero-order valence-corrected chi connectivity index (χ0v) is 31.5. The Hall–Kier alpha value is -2.62. The highest BCUT2D eigenvalue weighted by molar-refractivity contribution is 7.33. The molecule has 9 heteroatoms. The second-order valence-electron chi connectivity index (χ2n) is 17.4. The summed E-state index contributed by atoms with van der Waals surface area (Å²) in [5, 5.41) is 1.58. The van der Waals surface area contributed by atoms with E-state index in [1.807, 2.05) is 0 Å². The molecule has 0 aromatic carbocycles. The highest BCUT2D eigenvalue weighted by Gasteiger charge is 2.54. The predicted molar refractivity (Wildman–Crippen MR) is 204 cm³/mol. The van der Waals surface area contributed by atoms with E-state index in [9.17, 15) is 19.2 Å².